The van der Waals surface area contributed by atoms with Crippen molar-refractivity contribution in [1.29, 1.82) is 0 Å². The van der Waals surface area contributed by atoms with Crippen molar-refractivity contribution in [2.24, 2.45) is 0 Å². The number of benzene rings is 1. The van der Waals surface area contributed by atoms with Gasteiger partial charge in [-0.15, -0.1) is 0 Å². The molecule has 1 unspecified atom stereocenters. The molecule has 5 rings (SSSR count). The van der Waals surface area contributed by atoms with E-state index in [0.29, 0.717) is 23.6 Å². The minimum atomic E-state index is -0.629. The molecule has 3 heterocycles. The van der Waals surface area contributed by atoms with Gasteiger partial charge in [-0.1, -0.05) is 30.7 Å². The zero-order valence-corrected chi connectivity index (χ0v) is 18.2. The van der Waals surface area contributed by atoms with Gasteiger partial charge in [0, 0.05) is 24.2 Å². The number of ether oxygens (including phenoxy) is 1. The molecule has 0 spiro atoms. The van der Waals surface area contributed by atoms with E-state index in [1.54, 1.807) is 6.92 Å². The van der Waals surface area contributed by atoms with Crippen LogP contribution in [0, 0.1) is 0 Å². The molecule has 2 fully saturated rings. The molecule has 1 aromatic carbocycles. The number of rotatable bonds is 4. The number of aromatic nitrogens is 2. The van der Waals surface area contributed by atoms with Gasteiger partial charge in [-0.3, -0.25) is 9.69 Å². The fourth-order valence-electron chi connectivity index (χ4n) is 6.00. The Morgan fingerprint density at radius 2 is 1.87 bits per heavy atom. The molecule has 6 nitrogen and oxygen atoms in total. The summed E-state index contributed by atoms with van der Waals surface area (Å²) in [6, 6.07) is 9.23. The maximum atomic E-state index is 13.4. The van der Waals surface area contributed by atoms with Crippen LogP contribution in [0.5, 0.6) is 0 Å². The lowest BCUT2D eigenvalue weighted by Gasteiger charge is -2.43. The van der Waals surface area contributed by atoms with Crippen molar-refractivity contribution in [2.45, 2.75) is 82.5 Å². The van der Waals surface area contributed by atoms with E-state index in [-0.39, 0.29) is 23.9 Å². The molecule has 3 aliphatic rings. The summed E-state index contributed by atoms with van der Waals surface area (Å²) in [4.78, 5) is 33.0. The molecule has 2 bridgehead atoms. The summed E-state index contributed by atoms with van der Waals surface area (Å²) in [6.07, 6.45) is 14.0. The highest BCUT2D eigenvalue weighted by atomic mass is 16.5. The third-order valence-electron chi connectivity index (χ3n) is 7.26. The molecule has 0 amide bonds. The van der Waals surface area contributed by atoms with Crippen molar-refractivity contribution in [2.75, 3.05) is 6.61 Å². The Kier molecular flexibility index (Phi) is 5.65. The van der Waals surface area contributed by atoms with Crippen LogP contribution in [0.2, 0.25) is 0 Å². The van der Waals surface area contributed by atoms with Crippen LogP contribution in [0.1, 0.15) is 74.8 Å². The van der Waals surface area contributed by atoms with Gasteiger partial charge in [0.25, 0.3) is 5.56 Å². The van der Waals surface area contributed by atoms with Crippen LogP contribution in [0.4, 0.5) is 0 Å². The second kappa shape index (κ2) is 8.58. The average molecular weight is 422 g/mol. The van der Waals surface area contributed by atoms with Gasteiger partial charge in [0.05, 0.1) is 17.6 Å². The number of piperidine rings is 1. The fourth-order valence-corrected chi connectivity index (χ4v) is 6.00. The molecule has 164 valence electrons. The second-order valence-electron chi connectivity index (χ2n) is 9.08. The molecule has 0 N–H and O–H groups in total. The predicted molar refractivity (Wildman–Crippen MR) is 120 cm³/mol. The Hall–Kier alpha value is -2.47. The minimum absolute atomic E-state index is 0.0806. The van der Waals surface area contributed by atoms with Crippen molar-refractivity contribution < 1.29 is 9.53 Å². The fraction of sp³-hybridized carbons (Fsp3) is 0.560. The highest BCUT2D eigenvalue weighted by Crippen LogP contribution is 2.43. The van der Waals surface area contributed by atoms with E-state index in [9.17, 15) is 9.59 Å². The van der Waals surface area contributed by atoms with E-state index >= 15 is 0 Å². The first-order valence-electron chi connectivity index (χ1n) is 11.8. The lowest BCUT2D eigenvalue weighted by Crippen LogP contribution is -2.49. The van der Waals surface area contributed by atoms with Gasteiger partial charge in [0.2, 0.25) is 5.69 Å². The molecule has 1 aromatic heterocycles. The second-order valence-corrected chi connectivity index (χ2v) is 9.08. The lowest BCUT2D eigenvalue weighted by atomic mass is 9.93. The monoisotopic (exact) mass is 421 g/mol. The van der Waals surface area contributed by atoms with Gasteiger partial charge in [-0.05, 0) is 64.0 Å². The standard InChI is InChI=1S/C25H31N3O3/c1-2-31-25(30)23-24(29)28(22-12-8-7-11-21(22)26-23)20-15-18-13-14-19(16-20)27(18)17-9-5-3-4-6-10-17/h5,7-9,11-12,17-20H,2-4,6,10,13-16H2,1H3/t17?,18-,19+,20+. The first-order valence-corrected chi connectivity index (χ1v) is 11.8. The van der Waals surface area contributed by atoms with Crippen molar-refractivity contribution in [3.05, 3.63) is 52.5 Å². The van der Waals surface area contributed by atoms with Crippen molar-refractivity contribution >= 4 is 17.0 Å². The summed E-state index contributed by atoms with van der Waals surface area (Å²) < 4.78 is 6.98. The average Bonchev–Trinajstić information content (AvgIpc) is 2.96. The van der Waals surface area contributed by atoms with Crippen LogP contribution in [0.25, 0.3) is 11.0 Å². The largest absolute Gasteiger partial charge is 0.461 e. The molecule has 4 atom stereocenters. The number of nitrogens with zero attached hydrogens (tertiary/aromatic N) is 3. The van der Waals surface area contributed by atoms with E-state index in [0.717, 1.165) is 18.4 Å². The Balaban J connectivity index is 1.51. The van der Waals surface area contributed by atoms with Crippen molar-refractivity contribution in [3.8, 4) is 0 Å². The Labute approximate surface area is 182 Å². The third-order valence-corrected chi connectivity index (χ3v) is 7.26. The highest BCUT2D eigenvalue weighted by Gasteiger charge is 2.44. The molecule has 1 aliphatic carbocycles. The van der Waals surface area contributed by atoms with E-state index in [1.165, 1.54) is 38.5 Å². The number of carbonyl (C=O) groups excluding carboxylic acids is 1. The van der Waals surface area contributed by atoms with Gasteiger partial charge in [0.1, 0.15) is 0 Å². The molecule has 2 saturated heterocycles. The number of para-hydroxylation sites is 2. The van der Waals surface area contributed by atoms with Crippen LogP contribution >= 0.6 is 0 Å². The normalized spacial score (nSPS) is 28.5. The molecule has 2 aromatic rings. The van der Waals surface area contributed by atoms with E-state index < -0.39 is 5.97 Å². The van der Waals surface area contributed by atoms with Crippen LogP contribution in [0.3, 0.4) is 0 Å². The summed E-state index contributed by atoms with van der Waals surface area (Å²) in [5.74, 6) is -0.629. The lowest BCUT2D eigenvalue weighted by molar-refractivity contribution is 0.0514. The molecule has 6 heteroatoms. The van der Waals surface area contributed by atoms with Gasteiger partial charge >= 0.3 is 5.97 Å². The van der Waals surface area contributed by atoms with Gasteiger partial charge in [0.15, 0.2) is 0 Å². The van der Waals surface area contributed by atoms with Gasteiger partial charge in [-0.2, -0.15) is 0 Å². The first-order chi connectivity index (χ1) is 15.2. The van der Waals surface area contributed by atoms with Crippen molar-refractivity contribution in [1.82, 2.24) is 14.5 Å². The number of carbonyl (C=O) groups is 1. The van der Waals surface area contributed by atoms with E-state index in [4.69, 9.17) is 4.74 Å². The topological polar surface area (TPSA) is 64.4 Å². The summed E-state index contributed by atoms with van der Waals surface area (Å²) in [7, 11) is 0. The number of allylic oxidation sites excluding steroid dienone is 1. The maximum absolute atomic E-state index is 13.4. The van der Waals surface area contributed by atoms with E-state index in [1.807, 2.05) is 28.8 Å². The molecule has 0 saturated carbocycles. The summed E-state index contributed by atoms with van der Waals surface area (Å²) >= 11 is 0. The molecule has 0 radical (unpaired) electrons. The first kappa shape index (κ1) is 20.4. The SMILES string of the molecule is CCOC(=O)c1nc2ccccc2n([C@H]2C[C@H]3CC[C@@H](C2)N3C2C=CCCCC2)c1=O. The minimum Gasteiger partial charge on any atom is -0.461 e. The Morgan fingerprint density at radius 3 is 2.65 bits per heavy atom. The molecular formula is C25H31N3O3. The quantitative estimate of drug-likeness (QED) is 0.546. The number of hydrogen-bond donors (Lipinski definition) is 0. The van der Waals surface area contributed by atoms with Crippen LogP contribution < -0.4 is 5.56 Å². The van der Waals surface area contributed by atoms with Gasteiger partial charge < -0.3 is 9.30 Å². The van der Waals surface area contributed by atoms with Gasteiger partial charge in [-0.25, -0.2) is 9.78 Å². The molecule has 31 heavy (non-hydrogen) atoms. The van der Waals surface area contributed by atoms with Crippen LogP contribution in [-0.4, -0.2) is 45.2 Å². The molecule has 2 aliphatic heterocycles. The number of fused-ring (bicyclic) bond motifs is 3. The number of esters is 1. The smallest absolute Gasteiger partial charge is 0.362 e. The summed E-state index contributed by atoms with van der Waals surface area (Å²) in [5.41, 5.74) is 1.07. The third kappa shape index (κ3) is 3.71. The number of hydrogen-bond acceptors (Lipinski definition) is 5. The van der Waals surface area contributed by atoms with Crippen LogP contribution in [-0.2, 0) is 4.74 Å². The van der Waals surface area contributed by atoms with Crippen LogP contribution in [0.15, 0.2) is 41.2 Å². The van der Waals surface area contributed by atoms with Crippen molar-refractivity contribution in [3.63, 3.8) is 0 Å². The predicted octanol–water partition coefficient (Wildman–Crippen LogP) is 4.24. The Morgan fingerprint density at radius 1 is 1.10 bits per heavy atom. The van der Waals surface area contributed by atoms with E-state index in [2.05, 4.69) is 22.0 Å². The summed E-state index contributed by atoms with van der Waals surface area (Å²) in [6.45, 7) is 1.97. The Bertz CT molecular complexity index is 1050. The highest BCUT2D eigenvalue weighted by molar-refractivity contribution is 5.89. The zero-order chi connectivity index (χ0) is 21.4. The zero-order valence-electron chi connectivity index (χ0n) is 18.2. The summed E-state index contributed by atoms with van der Waals surface area (Å²) in [5, 5.41) is 0. The maximum Gasteiger partial charge on any atom is 0.362 e. The molecular weight excluding hydrogens is 390 g/mol.